The van der Waals surface area contributed by atoms with Gasteiger partial charge in [0.15, 0.2) is 0 Å². The SMILES string of the molecule is COC(=O)c1ccc(NC(=O)CN(Cc2ccccc2)C(C)C)cc1. The normalized spacial score (nSPS) is 10.8. The summed E-state index contributed by atoms with van der Waals surface area (Å²) in [6, 6.07) is 17.0. The lowest BCUT2D eigenvalue weighted by molar-refractivity contribution is -0.117. The molecule has 0 fully saturated rings. The van der Waals surface area contributed by atoms with Crippen molar-refractivity contribution in [2.75, 3.05) is 19.0 Å². The zero-order chi connectivity index (χ0) is 18.2. The van der Waals surface area contributed by atoms with E-state index in [1.165, 1.54) is 12.7 Å². The van der Waals surface area contributed by atoms with E-state index in [-0.39, 0.29) is 11.9 Å². The summed E-state index contributed by atoms with van der Waals surface area (Å²) in [5, 5.41) is 2.86. The summed E-state index contributed by atoms with van der Waals surface area (Å²) >= 11 is 0. The summed E-state index contributed by atoms with van der Waals surface area (Å²) in [6.07, 6.45) is 0. The van der Waals surface area contributed by atoms with Crippen molar-refractivity contribution < 1.29 is 14.3 Å². The van der Waals surface area contributed by atoms with Crippen molar-refractivity contribution in [2.24, 2.45) is 0 Å². The molecule has 1 N–H and O–H groups in total. The Bertz CT molecular complexity index is 697. The van der Waals surface area contributed by atoms with E-state index in [1.807, 2.05) is 18.2 Å². The molecule has 5 nitrogen and oxygen atoms in total. The van der Waals surface area contributed by atoms with Crippen molar-refractivity contribution in [3.63, 3.8) is 0 Å². The third kappa shape index (κ3) is 5.72. The van der Waals surface area contributed by atoms with E-state index in [0.29, 0.717) is 24.3 Å². The summed E-state index contributed by atoms with van der Waals surface area (Å²) in [5.41, 5.74) is 2.28. The van der Waals surface area contributed by atoms with Crippen molar-refractivity contribution in [1.29, 1.82) is 0 Å². The maximum Gasteiger partial charge on any atom is 0.337 e. The molecule has 132 valence electrons. The molecule has 1 amide bonds. The summed E-state index contributed by atoms with van der Waals surface area (Å²) in [4.78, 5) is 25.9. The lowest BCUT2D eigenvalue weighted by Gasteiger charge is -2.26. The van der Waals surface area contributed by atoms with Crippen molar-refractivity contribution >= 4 is 17.6 Å². The Morgan fingerprint density at radius 1 is 1.04 bits per heavy atom. The number of benzene rings is 2. The minimum absolute atomic E-state index is 0.0875. The average molecular weight is 340 g/mol. The van der Waals surface area contributed by atoms with Crippen LogP contribution < -0.4 is 5.32 Å². The fraction of sp³-hybridized carbons (Fsp3) is 0.300. The summed E-state index contributed by atoms with van der Waals surface area (Å²) in [6.45, 7) is 5.15. The third-order valence-corrected chi connectivity index (χ3v) is 3.90. The van der Waals surface area contributed by atoms with Gasteiger partial charge < -0.3 is 10.1 Å². The quantitative estimate of drug-likeness (QED) is 0.786. The van der Waals surface area contributed by atoms with Crippen LogP contribution in [-0.2, 0) is 16.1 Å². The first-order valence-electron chi connectivity index (χ1n) is 8.26. The molecular formula is C20H24N2O3. The fourth-order valence-corrected chi connectivity index (χ4v) is 2.43. The number of ether oxygens (including phenoxy) is 1. The lowest BCUT2D eigenvalue weighted by atomic mass is 10.2. The first-order valence-corrected chi connectivity index (χ1v) is 8.26. The second-order valence-corrected chi connectivity index (χ2v) is 6.10. The number of nitrogens with one attached hydrogen (secondary N) is 1. The van der Waals surface area contributed by atoms with Gasteiger partial charge in [0.25, 0.3) is 0 Å². The Morgan fingerprint density at radius 3 is 2.24 bits per heavy atom. The second kappa shape index (κ2) is 8.99. The number of carbonyl (C=O) groups excluding carboxylic acids is 2. The van der Waals surface area contributed by atoms with Gasteiger partial charge in [-0.1, -0.05) is 30.3 Å². The van der Waals surface area contributed by atoms with Gasteiger partial charge in [0, 0.05) is 18.3 Å². The van der Waals surface area contributed by atoms with E-state index in [1.54, 1.807) is 24.3 Å². The Balaban J connectivity index is 1.95. The van der Waals surface area contributed by atoms with Crippen molar-refractivity contribution in [3.05, 3.63) is 65.7 Å². The van der Waals surface area contributed by atoms with E-state index in [9.17, 15) is 9.59 Å². The van der Waals surface area contributed by atoms with Gasteiger partial charge in [0.05, 0.1) is 19.2 Å². The molecule has 0 heterocycles. The number of anilines is 1. The molecule has 2 rings (SSSR count). The molecule has 2 aromatic rings. The van der Waals surface area contributed by atoms with Gasteiger partial charge in [-0.3, -0.25) is 9.69 Å². The highest BCUT2D eigenvalue weighted by Gasteiger charge is 2.15. The van der Waals surface area contributed by atoms with Crippen molar-refractivity contribution in [1.82, 2.24) is 4.90 Å². The summed E-state index contributed by atoms with van der Waals surface area (Å²) < 4.78 is 4.66. The summed E-state index contributed by atoms with van der Waals surface area (Å²) in [7, 11) is 1.34. The van der Waals surface area contributed by atoms with E-state index in [4.69, 9.17) is 0 Å². The van der Waals surface area contributed by atoms with Gasteiger partial charge in [0.2, 0.25) is 5.91 Å². The molecular weight excluding hydrogens is 316 g/mol. The molecule has 0 bridgehead atoms. The molecule has 0 saturated heterocycles. The third-order valence-electron chi connectivity index (χ3n) is 3.90. The maximum absolute atomic E-state index is 12.3. The van der Waals surface area contributed by atoms with E-state index in [0.717, 1.165) is 0 Å². The first kappa shape index (κ1) is 18.7. The van der Waals surface area contributed by atoms with Crippen LogP contribution in [0.1, 0.15) is 29.8 Å². The molecule has 5 heteroatoms. The maximum atomic E-state index is 12.3. The highest BCUT2D eigenvalue weighted by atomic mass is 16.5. The van der Waals surface area contributed by atoms with Gasteiger partial charge in [-0.05, 0) is 43.7 Å². The summed E-state index contributed by atoms with van der Waals surface area (Å²) in [5.74, 6) is -0.484. The number of methoxy groups -OCH3 is 1. The van der Waals surface area contributed by atoms with Crippen LogP contribution >= 0.6 is 0 Å². The van der Waals surface area contributed by atoms with Crippen molar-refractivity contribution in [2.45, 2.75) is 26.4 Å². The molecule has 0 aliphatic heterocycles. The Hall–Kier alpha value is -2.66. The molecule has 0 aliphatic carbocycles. The number of hydrogen-bond donors (Lipinski definition) is 1. The fourth-order valence-electron chi connectivity index (χ4n) is 2.43. The van der Waals surface area contributed by atoms with Crippen LogP contribution in [0.15, 0.2) is 54.6 Å². The zero-order valence-corrected chi connectivity index (χ0v) is 14.9. The number of amides is 1. The Morgan fingerprint density at radius 2 is 1.68 bits per heavy atom. The second-order valence-electron chi connectivity index (χ2n) is 6.10. The highest BCUT2D eigenvalue weighted by Crippen LogP contribution is 2.12. The predicted molar refractivity (Wildman–Crippen MR) is 98.4 cm³/mol. The van der Waals surface area contributed by atoms with Crippen LogP contribution in [0.3, 0.4) is 0 Å². The number of nitrogens with zero attached hydrogens (tertiary/aromatic N) is 1. The van der Waals surface area contributed by atoms with E-state index in [2.05, 4.69) is 40.9 Å². The van der Waals surface area contributed by atoms with Crippen LogP contribution in [0.25, 0.3) is 0 Å². The Kier molecular flexibility index (Phi) is 6.71. The van der Waals surface area contributed by atoms with Gasteiger partial charge in [-0.25, -0.2) is 4.79 Å². The minimum Gasteiger partial charge on any atom is -0.465 e. The standard InChI is InChI=1S/C20H24N2O3/c1-15(2)22(13-16-7-5-4-6-8-16)14-19(23)21-18-11-9-17(10-12-18)20(24)25-3/h4-12,15H,13-14H2,1-3H3,(H,21,23). The zero-order valence-electron chi connectivity index (χ0n) is 14.9. The van der Waals surface area contributed by atoms with Crippen LogP contribution in [-0.4, -0.2) is 36.5 Å². The largest absolute Gasteiger partial charge is 0.465 e. The smallest absolute Gasteiger partial charge is 0.337 e. The van der Waals surface area contributed by atoms with Crippen LogP contribution in [0.5, 0.6) is 0 Å². The number of hydrogen-bond acceptors (Lipinski definition) is 4. The minimum atomic E-state index is -0.397. The molecule has 0 saturated carbocycles. The number of esters is 1. The van der Waals surface area contributed by atoms with Gasteiger partial charge in [-0.2, -0.15) is 0 Å². The van der Waals surface area contributed by atoms with Crippen LogP contribution in [0, 0.1) is 0 Å². The van der Waals surface area contributed by atoms with Gasteiger partial charge in [-0.15, -0.1) is 0 Å². The van der Waals surface area contributed by atoms with E-state index < -0.39 is 5.97 Å². The van der Waals surface area contributed by atoms with Gasteiger partial charge >= 0.3 is 5.97 Å². The molecule has 2 aromatic carbocycles. The average Bonchev–Trinajstić information content (AvgIpc) is 2.62. The predicted octanol–water partition coefficient (Wildman–Crippen LogP) is 3.32. The number of rotatable bonds is 7. The Labute approximate surface area is 148 Å². The van der Waals surface area contributed by atoms with Crippen LogP contribution in [0.4, 0.5) is 5.69 Å². The molecule has 0 unspecified atom stereocenters. The highest BCUT2D eigenvalue weighted by molar-refractivity contribution is 5.94. The molecule has 0 radical (unpaired) electrons. The molecule has 25 heavy (non-hydrogen) atoms. The molecule has 0 aliphatic rings. The van der Waals surface area contributed by atoms with Crippen molar-refractivity contribution in [3.8, 4) is 0 Å². The lowest BCUT2D eigenvalue weighted by Crippen LogP contribution is -2.37. The molecule has 0 spiro atoms. The molecule has 0 atom stereocenters. The first-order chi connectivity index (χ1) is 12.0. The van der Waals surface area contributed by atoms with Gasteiger partial charge in [0.1, 0.15) is 0 Å². The number of carbonyl (C=O) groups is 2. The topological polar surface area (TPSA) is 58.6 Å². The molecule has 0 aromatic heterocycles. The van der Waals surface area contributed by atoms with E-state index >= 15 is 0 Å². The monoisotopic (exact) mass is 340 g/mol. The van der Waals surface area contributed by atoms with Crippen LogP contribution in [0.2, 0.25) is 0 Å².